The largest absolute Gasteiger partial charge is 0.456 e. The van der Waals surface area contributed by atoms with Crippen molar-refractivity contribution in [3.8, 4) is 0 Å². The molecule has 0 aliphatic heterocycles. The molecule has 0 bridgehead atoms. The molecule has 3 heteroatoms. The zero-order chi connectivity index (χ0) is 12.4. The monoisotopic (exact) mass is 235 g/mol. The molecule has 0 amide bonds. The van der Waals surface area contributed by atoms with Gasteiger partial charge in [-0.3, -0.25) is 0 Å². The second-order valence-corrected chi connectivity index (χ2v) is 4.75. The lowest BCUT2D eigenvalue weighted by molar-refractivity contribution is 0.497. The van der Waals surface area contributed by atoms with Crippen LogP contribution in [0.25, 0.3) is 11.0 Å². The first-order valence-corrected chi connectivity index (χ1v) is 5.96. The average Bonchev–Trinajstić information content (AvgIpc) is 2.59. The molecule has 92 valence electrons. The number of halogens is 1. The van der Waals surface area contributed by atoms with E-state index >= 15 is 0 Å². The van der Waals surface area contributed by atoms with Crippen LogP contribution in [0.3, 0.4) is 0 Å². The van der Waals surface area contributed by atoms with E-state index in [2.05, 4.69) is 19.2 Å². The highest BCUT2D eigenvalue weighted by molar-refractivity contribution is 5.82. The first-order valence-electron chi connectivity index (χ1n) is 5.96. The van der Waals surface area contributed by atoms with Crippen molar-refractivity contribution in [1.82, 2.24) is 5.32 Å². The summed E-state index contributed by atoms with van der Waals surface area (Å²) in [7, 11) is 1.86. The maximum absolute atomic E-state index is 13.6. The first kappa shape index (κ1) is 12.1. The molecule has 2 aromatic rings. The van der Waals surface area contributed by atoms with Crippen LogP contribution in [-0.4, -0.2) is 7.05 Å². The van der Waals surface area contributed by atoms with Crippen LogP contribution in [0, 0.1) is 11.7 Å². The van der Waals surface area contributed by atoms with Crippen LogP contribution in [0.5, 0.6) is 0 Å². The number of nitrogens with one attached hydrogen (secondary N) is 1. The number of furan rings is 1. The van der Waals surface area contributed by atoms with Crippen LogP contribution >= 0.6 is 0 Å². The molecule has 0 saturated heterocycles. The number of benzene rings is 1. The molecular formula is C14H18FNO. The summed E-state index contributed by atoms with van der Waals surface area (Å²) in [5, 5.41) is 3.97. The summed E-state index contributed by atoms with van der Waals surface area (Å²) in [5.74, 6) is 1.09. The molecule has 0 spiro atoms. The van der Waals surface area contributed by atoms with Crippen molar-refractivity contribution < 1.29 is 8.81 Å². The second-order valence-electron chi connectivity index (χ2n) is 4.75. The van der Waals surface area contributed by atoms with Gasteiger partial charge in [0.1, 0.15) is 5.76 Å². The number of hydrogen-bond donors (Lipinski definition) is 1. The Kier molecular flexibility index (Phi) is 3.48. The fraction of sp³-hybridized carbons (Fsp3) is 0.429. The van der Waals surface area contributed by atoms with Gasteiger partial charge < -0.3 is 9.73 Å². The zero-order valence-corrected chi connectivity index (χ0v) is 10.5. The van der Waals surface area contributed by atoms with Gasteiger partial charge in [-0.05, 0) is 25.5 Å². The summed E-state index contributed by atoms with van der Waals surface area (Å²) in [6.45, 7) is 4.94. The molecule has 1 aromatic heterocycles. The average molecular weight is 235 g/mol. The summed E-state index contributed by atoms with van der Waals surface area (Å²) in [6, 6.07) is 5.10. The van der Waals surface area contributed by atoms with Gasteiger partial charge in [0.05, 0.1) is 6.54 Å². The number of hydrogen-bond acceptors (Lipinski definition) is 2. The van der Waals surface area contributed by atoms with Crippen LogP contribution in [-0.2, 0) is 13.0 Å². The van der Waals surface area contributed by atoms with Gasteiger partial charge in [0.2, 0.25) is 0 Å². The minimum atomic E-state index is -0.283. The minimum Gasteiger partial charge on any atom is -0.456 e. The van der Waals surface area contributed by atoms with Crippen molar-refractivity contribution in [2.75, 3.05) is 7.05 Å². The highest BCUT2D eigenvalue weighted by atomic mass is 19.1. The van der Waals surface area contributed by atoms with Crippen molar-refractivity contribution >= 4 is 11.0 Å². The topological polar surface area (TPSA) is 25.2 Å². The zero-order valence-electron chi connectivity index (χ0n) is 10.5. The maximum atomic E-state index is 13.6. The second kappa shape index (κ2) is 4.88. The Morgan fingerprint density at radius 2 is 2.12 bits per heavy atom. The van der Waals surface area contributed by atoms with Crippen molar-refractivity contribution in [2.24, 2.45) is 5.92 Å². The van der Waals surface area contributed by atoms with Gasteiger partial charge in [-0.15, -0.1) is 0 Å². The number of rotatable bonds is 4. The summed E-state index contributed by atoms with van der Waals surface area (Å²) in [4.78, 5) is 0. The summed E-state index contributed by atoms with van der Waals surface area (Å²) in [5.41, 5.74) is 1.51. The van der Waals surface area contributed by atoms with E-state index < -0.39 is 0 Å². The normalized spacial score (nSPS) is 11.6. The van der Waals surface area contributed by atoms with Gasteiger partial charge in [-0.2, -0.15) is 0 Å². The standard InChI is InChI=1S/C14H18FNO/c1-9(2)7-11-10-5-4-6-12(15)14(10)17-13(11)8-16-3/h4-6,9,16H,7-8H2,1-3H3. The van der Waals surface area contributed by atoms with E-state index in [1.165, 1.54) is 6.07 Å². The van der Waals surface area contributed by atoms with Crippen LogP contribution in [0.1, 0.15) is 25.2 Å². The molecule has 0 radical (unpaired) electrons. The van der Waals surface area contributed by atoms with Crippen LogP contribution < -0.4 is 5.32 Å². The fourth-order valence-electron chi connectivity index (χ4n) is 2.12. The first-order chi connectivity index (χ1) is 8.13. The SMILES string of the molecule is CNCc1oc2c(F)cccc2c1CC(C)C. The minimum absolute atomic E-state index is 0.283. The molecule has 1 aromatic carbocycles. The Morgan fingerprint density at radius 1 is 1.35 bits per heavy atom. The molecule has 0 atom stereocenters. The van der Waals surface area contributed by atoms with E-state index in [1.54, 1.807) is 6.07 Å². The molecule has 1 heterocycles. The Morgan fingerprint density at radius 3 is 2.76 bits per heavy atom. The van der Waals surface area contributed by atoms with E-state index in [-0.39, 0.29) is 5.82 Å². The Bertz CT molecular complexity index is 516. The molecule has 17 heavy (non-hydrogen) atoms. The summed E-state index contributed by atoms with van der Waals surface area (Å²) in [6.07, 6.45) is 0.910. The van der Waals surface area contributed by atoms with Crippen molar-refractivity contribution in [3.63, 3.8) is 0 Å². The van der Waals surface area contributed by atoms with Crippen LogP contribution in [0.2, 0.25) is 0 Å². The molecule has 2 nitrogen and oxygen atoms in total. The molecule has 0 aliphatic rings. The van der Waals surface area contributed by atoms with Gasteiger partial charge >= 0.3 is 0 Å². The van der Waals surface area contributed by atoms with E-state index in [0.717, 1.165) is 23.1 Å². The lowest BCUT2D eigenvalue weighted by atomic mass is 10.00. The number of fused-ring (bicyclic) bond motifs is 1. The lowest BCUT2D eigenvalue weighted by Gasteiger charge is -2.05. The molecule has 0 aliphatic carbocycles. The van der Waals surface area contributed by atoms with Crippen LogP contribution in [0.4, 0.5) is 4.39 Å². The third kappa shape index (κ3) is 2.34. The fourth-order valence-corrected chi connectivity index (χ4v) is 2.12. The molecule has 0 fully saturated rings. The number of para-hydroxylation sites is 1. The predicted molar refractivity (Wildman–Crippen MR) is 67.5 cm³/mol. The van der Waals surface area contributed by atoms with E-state index in [0.29, 0.717) is 18.0 Å². The van der Waals surface area contributed by atoms with Crippen molar-refractivity contribution in [2.45, 2.75) is 26.8 Å². The molecular weight excluding hydrogens is 217 g/mol. The van der Waals surface area contributed by atoms with Crippen molar-refractivity contribution in [3.05, 3.63) is 35.3 Å². The van der Waals surface area contributed by atoms with E-state index in [1.807, 2.05) is 13.1 Å². The van der Waals surface area contributed by atoms with Gasteiger partial charge in [-0.1, -0.05) is 26.0 Å². The third-order valence-corrected chi connectivity index (χ3v) is 2.80. The smallest absolute Gasteiger partial charge is 0.170 e. The van der Waals surface area contributed by atoms with Crippen molar-refractivity contribution in [1.29, 1.82) is 0 Å². The lowest BCUT2D eigenvalue weighted by Crippen LogP contribution is -2.07. The predicted octanol–water partition coefficient (Wildman–Crippen LogP) is 3.49. The summed E-state index contributed by atoms with van der Waals surface area (Å²) >= 11 is 0. The highest BCUT2D eigenvalue weighted by Gasteiger charge is 2.16. The van der Waals surface area contributed by atoms with Gasteiger partial charge in [-0.25, -0.2) is 4.39 Å². The molecule has 0 unspecified atom stereocenters. The highest BCUT2D eigenvalue weighted by Crippen LogP contribution is 2.29. The van der Waals surface area contributed by atoms with Gasteiger partial charge in [0.25, 0.3) is 0 Å². The Hall–Kier alpha value is -1.35. The van der Waals surface area contributed by atoms with E-state index in [9.17, 15) is 4.39 Å². The third-order valence-electron chi connectivity index (χ3n) is 2.80. The van der Waals surface area contributed by atoms with E-state index in [4.69, 9.17) is 4.42 Å². The Labute approximate surface area is 101 Å². The van der Waals surface area contributed by atoms with Crippen LogP contribution in [0.15, 0.2) is 22.6 Å². The maximum Gasteiger partial charge on any atom is 0.170 e. The molecule has 1 N–H and O–H groups in total. The van der Waals surface area contributed by atoms with Gasteiger partial charge in [0, 0.05) is 10.9 Å². The Balaban J connectivity index is 2.58. The summed E-state index contributed by atoms with van der Waals surface area (Å²) < 4.78 is 19.3. The molecule has 0 saturated carbocycles. The quantitative estimate of drug-likeness (QED) is 0.877. The van der Waals surface area contributed by atoms with Gasteiger partial charge in [0.15, 0.2) is 11.4 Å². The molecule has 2 rings (SSSR count).